The van der Waals surface area contributed by atoms with Crippen molar-refractivity contribution in [3.05, 3.63) is 59.9 Å². The minimum Gasteiger partial charge on any atom is -0.489 e. The number of nitrogens with zero attached hydrogens (tertiary/aromatic N) is 2. The quantitative estimate of drug-likeness (QED) is 0.875. The van der Waals surface area contributed by atoms with E-state index in [9.17, 15) is 9.90 Å². The summed E-state index contributed by atoms with van der Waals surface area (Å²) in [6.45, 7) is 4.97. The molecular formula is C20H24N2O3. The van der Waals surface area contributed by atoms with Crippen molar-refractivity contribution in [3.63, 3.8) is 0 Å². The summed E-state index contributed by atoms with van der Waals surface area (Å²) in [5.74, 6) is 0.293. The van der Waals surface area contributed by atoms with Crippen LogP contribution in [0.1, 0.15) is 24.5 Å². The number of ether oxygens (including phenoxy) is 1. The van der Waals surface area contributed by atoms with E-state index in [0.29, 0.717) is 19.1 Å². The van der Waals surface area contributed by atoms with Crippen LogP contribution in [0.15, 0.2) is 48.8 Å². The Bertz CT molecular complexity index is 688. The molecule has 2 atom stereocenters. The first-order chi connectivity index (χ1) is 12.1. The molecule has 5 nitrogen and oxygen atoms in total. The van der Waals surface area contributed by atoms with E-state index in [1.54, 1.807) is 12.4 Å². The second-order valence-electron chi connectivity index (χ2n) is 6.86. The van der Waals surface area contributed by atoms with Crippen LogP contribution in [-0.2, 0) is 17.9 Å². The Morgan fingerprint density at radius 3 is 2.72 bits per heavy atom. The summed E-state index contributed by atoms with van der Waals surface area (Å²) in [4.78, 5) is 17.6. The lowest BCUT2D eigenvalue weighted by Crippen LogP contribution is -2.41. The van der Waals surface area contributed by atoms with Crippen LogP contribution in [0.4, 0.5) is 0 Å². The summed E-state index contributed by atoms with van der Waals surface area (Å²) in [5.41, 5.74) is 2.21. The maximum atomic E-state index is 11.3. The molecule has 2 heterocycles. The molecule has 5 heteroatoms. The van der Waals surface area contributed by atoms with Crippen molar-refractivity contribution in [2.45, 2.75) is 26.5 Å². The molecule has 2 aromatic rings. The number of likely N-dealkylation sites (tertiary alicyclic amines) is 1. The molecule has 1 N–H and O–H groups in total. The topological polar surface area (TPSA) is 62.7 Å². The molecule has 0 radical (unpaired) electrons. The SMILES string of the molecule is CC1CC(C(=O)O)CN(Cc2ccc(OCc3cccnc3)cc2)C1. The second kappa shape index (κ2) is 8.12. The predicted octanol–water partition coefficient (Wildman–Crippen LogP) is 3.20. The lowest BCUT2D eigenvalue weighted by Gasteiger charge is -2.34. The molecule has 1 fully saturated rings. The Morgan fingerprint density at radius 2 is 2.04 bits per heavy atom. The fraction of sp³-hybridized carbons (Fsp3) is 0.400. The number of piperidine rings is 1. The van der Waals surface area contributed by atoms with Crippen molar-refractivity contribution < 1.29 is 14.6 Å². The van der Waals surface area contributed by atoms with E-state index in [2.05, 4.69) is 16.8 Å². The molecular weight excluding hydrogens is 316 g/mol. The van der Waals surface area contributed by atoms with Gasteiger partial charge >= 0.3 is 5.97 Å². The number of aromatic nitrogens is 1. The van der Waals surface area contributed by atoms with E-state index < -0.39 is 5.97 Å². The standard InChI is InChI=1S/C20H24N2O3/c1-15-9-18(20(23)24)13-22(11-15)12-16-4-6-19(7-5-16)25-14-17-3-2-8-21-10-17/h2-8,10,15,18H,9,11-14H2,1H3,(H,23,24). The summed E-state index contributed by atoms with van der Waals surface area (Å²) in [5, 5.41) is 9.28. The molecule has 1 saturated heterocycles. The highest BCUT2D eigenvalue weighted by atomic mass is 16.5. The Labute approximate surface area is 148 Å². The summed E-state index contributed by atoms with van der Waals surface area (Å²) >= 11 is 0. The number of hydrogen-bond acceptors (Lipinski definition) is 4. The Kier molecular flexibility index (Phi) is 5.66. The number of benzene rings is 1. The van der Waals surface area contributed by atoms with Crippen LogP contribution in [0.2, 0.25) is 0 Å². The number of rotatable bonds is 6. The van der Waals surface area contributed by atoms with Crippen LogP contribution in [0.5, 0.6) is 5.75 Å². The third-order valence-corrected chi connectivity index (χ3v) is 4.54. The molecule has 0 amide bonds. The van der Waals surface area contributed by atoms with Crippen molar-refractivity contribution in [2.75, 3.05) is 13.1 Å². The fourth-order valence-electron chi connectivity index (χ4n) is 3.37. The van der Waals surface area contributed by atoms with Gasteiger partial charge in [0.15, 0.2) is 0 Å². The molecule has 2 unspecified atom stereocenters. The third-order valence-electron chi connectivity index (χ3n) is 4.54. The van der Waals surface area contributed by atoms with Gasteiger partial charge in [-0.05, 0) is 36.1 Å². The van der Waals surface area contributed by atoms with Crippen molar-refractivity contribution in [2.24, 2.45) is 11.8 Å². The lowest BCUT2D eigenvalue weighted by atomic mass is 9.90. The first kappa shape index (κ1) is 17.4. The van der Waals surface area contributed by atoms with Crippen LogP contribution in [-0.4, -0.2) is 34.0 Å². The predicted molar refractivity (Wildman–Crippen MR) is 95.2 cm³/mol. The molecule has 0 saturated carbocycles. The summed E-state index contributed by atoms with van der Waals surface area (Å²) < 4.78 is 5.77. The zero-order valence-corrected chi connectivity index (χ0v) is 14.5. The number of carboxylic acid groups (broad SMARTS) is 1. The molecule has 3 rings (SSSR count). The van der Waals surface area contributed by atoms with E-state index in [-0.39, 0.29) is 5.92 Å². The molecule has 0 bridgehead atoms. The zero-order chi connectivity index (χ0) is 17.6. The maximum Gasteiger partial charge on any atom is 0.307 e. The average molecular weight is 340 g/mol. The molecule has 25 heavy (non-hydrogen) atoms. The first-order valence-electron chi connectivity index (χ1n) is 8.66. The second-order valence-corrected chi connectivity index (χ2v) is 6.86. The molecule has 1 aromatic heterocycles. The van der Waals surface area contributed by atoms with Crippen molar-refractivity contribution in [3.8, 4) is 5.75 Å². The number of carbonyl (C=O) groups is 1. The first-order valence-corrected chi connectivity index (χ1v) is 8.66. The van der Waals surface area contributed by atoms with Gasteiger partial charge in [-0.15, -0.1) is 0 Å². The number of aliphatic carboxylic acids is 1. The molecule has 1 aliphatic rings. The van der Waals surface area contributed by atoms with Crippen LogP contribution in [0.25, 0.3) is 0 Å². The van der Waals surface area contributed by atoms with Gasteiger partial charge in [0.05, 0.1) is 5.92 Å². The summed E-state index contributed by atoms with van der Waals surface area (Å²) in [6.07, 6.45) is 4.31. The highest BCUT2D eigenvalue weighted by molar-refractivity contribution is 5.70. The van der Waals surface area contributed by atoms with Crippen LogP contribution < -0.4 is 4.74 Å². The minimum atomic E-state index is -0.685. The molecule has 132 valence electrons. The Balaban J connectivity index is 1.54. The van der Waals surface area contributed by atoms with Crippen LogP contribution in [0, 0.1) is 11.8 Å². The van der Waals surface area contributed by atoms with E-state index >= 15 is 0 Å². The van der Waals surface area contributed by atoms with Gasteiger partial charge < -0.3 is 9.84 Å². The van der Waals surface area contributed by atoms with E-state index in [1.807, 2.05) is 36.4 Å². The normalized spacial score (nSPS) is 21.0. The maximum absolute atomic E-state index is 11.3. The van der Waals surface area contributed by atoms with Crippen LogP contribution in [0.3, 0.4) is 0 Å². The lowest BCUT2D eigenvalue weighted by molar-refractivity contribution is -0.144. The van der Waals surface area contributed by atoms with Gasteiger partial charge in [0.1, 0.15) is 12.4 Å². The van der Waals surface area contributed by atoms with Gasteiger partial charge in [-0.1, -0.05) is 25.1 Å². The third kappa shape index (κ3) is 5.03. The average Bonchev–Trinajstić information content (AvgIpc) is 2.61. The Morgan fingerprint density at radius 1 is 1.24 bits per heavy atom. The van der Waals surface area contributed by atoms with Crippen molar-refractivity contribution in [1.29, 1.82) is 0 Å². The fourth-order valence-corrected chi connectivity index (χ4v) is 3.37. The molecule has 0 spiro atoms. The van der Waals surface area contributed by atoms with Crippen molar-refractivity contribution in [1.82, 2.24) is 9.88 Å². The molecule has 1 aliphatic heterocycles. The Hall–Kier alpha value is -2.40. The number of carboxylic acids is 1. The van der Waals surface area contributed by atoms with Gasteiger partial charge in [-0.3, -0.25) is 14.7 Å². The summed E-state index contributed by atoms with van der Waals surface area (Å²) in [6, 6.07) is 11.9. The highest BCUT2D eigenvalue weighted by Gasteiger charge is 2.29. The summed E-state index contributed by atoms with van der Waals surface area (Å²) in [7, 11) is 0. The minimum absolute atomic E-state index is 0.258. The monoisotopic (exact) mass is 340 g/mol. The molecule has 0 aliphatic carbocycles. The highest BCUT2D eigenvalue weighted by Crippen LogP contribution is 2.24. The smallest absolute Gasteiger partial charge is 0.307 e. The number of pyridine rings is 1. The van der Waals surface area contributed by atoms with E-state index in [4.69, 9.17) is 4.74 Å². The number of hydrogen-bond donors (Lipinski definition) is 1. The van der Waals surface area contributed by atoms with Gasteiger partial charge in [-0.2, -0.15) is 0 Å². The van der Waals surface area contributed by atoms with Gasteiger partial charge in [0.25, 0.3) is 0 Å². The van der Waals surface area contributed by atoms with Crippen LogP contribution >= 0.6 is 0 Å². The van der Waals surface area contributed by atoms with Crippen molar-refractivity contribution >= 4 is 5.97 Å². The van der Waals surface area contributed by atoms with E-state index in [0.717, 1.165) is 30.8 Å². The van der Waals surface area contributed by atoms with Gasteiger partial charge in [0.2, 0.25) is 0 Å². The largest absolute Gasteiger partial charge is 0.489 e. The van der Waals surface area contributed by atoms with Gasteiger partial charge in [-0.25, -0.2) is 0 Å². The van der Waals surface area contributed by atoms with Gasteiger partial charge in [0, 0.05) is 37.6 Å². The molecule has 1 aromatic carbocycles. The zero-order valence-electron chi connectivity index (χ0n) is 14.5. The van der Waals surface area contributed by atoms with E-state index in [1.165, 1.54) is 5.56 Å².